The van der Waals surface area contributed by atoms with Crippen LogP contribution in [0.5, 0.6) is 5.88 Å². The van der Waals surface area contributed by atoms with Crippen LogP contribution in [0.2, 0.25) is 0 Å². The molecule has 0 fully saturated rings. The number of aryl methyl sites for hydroxylation is 2. The van der Waals surface area contributed by atoms with Gasteiger partial charge in [-0.15, -0.1) is 0 Å². The van der Waals surface area contributed by atoms with E-state index in [2.05, 4.69) is 15.4 Å². The highest BCUT2D eigenvalue weighted by Crippen LogP contribution is 2.41. The van der Waals surface area contributed by atoms with Crippen molar-refractivity contribution in [3.05, 3.63) is 77.4 Å². The summed E-state index contributed by atoms with van der Waals surface area (Å²) >= 11 is 0. The normalized spacial score (nSPS) is 12.5. The maximum Gasteiger partial charge on any atom is 0.417 e. The summed E-state index contributed by atoms with van der Waals surface area (Å²) in [5.74, 6) is -0.779. The van der Waals surface area contributed by atoms with Crippen LogP contribution < -0.4 is 10.1 Å². The molecular formula is C25H23F3N4O2. The van der Waals surface area contributed by atoms with E-state index in [1.54, 1.807) is 12.1 Å². The summed E-state index contributed by atoms with van der Waals surface area (Å²) in [5, 5.41) is 6.97. The SMILES string of the molecule is Cc1ccccc1-c1nn(C)c2nc(OCC(=O)N[C@@H](C)c3ccccc3)cc(C(F)(F)F)c12. The third kappa shape index (κ3) is 4.73. The molecule has 6 nitrogen and oxygen atoms in total. The molecule has 0 spiro atoms. The van der Waals surface area contributed by atoms with Crippen molar-refractivity contribution in [2.24, 2.45) is 7.05 Å². The smallest absolute Gasteiger partial charge is 0.417 e. The fraction of sp³-hybridized carbons (Fsp3) is 0.240. The van der Waals surface area contributed by atoms with Crippen molar-refractivity contribution in [2.75, 3.05) is 6.61 Å². The lowest BCUT2D eigenvalue weighted by Gasteiger charge is -2.15. The Morgan fingerprint density at radius 2 is 1.79 bits per heavy atom. The number of benzene rings is 2. The van der Waals surface area contributed by atoms with E-state index < -0.39 is 24.3 Å². The summed E-state index contributed by atoms with van der Waals surface area (Å²) in [5.41, 5.74) is 1.56. The molecule has 0 aliphatic rings. The van der Waals surface area contributed by atoms with Gasteiger partial charge in [-0.2, -0.15) is 23.3 Å². The third-order valence-corrected chi connectivity index (χ3v) is 5.50. The first-order valence-electron chi connectivity index (χ1n) is 10.6. The number of nitrogens with one attached hydrogen (secondary N) is 1. The average molecular weight is 468 g/mol. The molecule has 0 unspecified atom stereocenters. The Morgan fingerprint density at radius 3 is 2.47 bits per heavy atom. The van der Waals surface area contributed by atoms with E-state index in [4.69, 9.17) is 4.74 Å². The van der Waals surface area contributed by atoms with E-state index in [1.165, 1.54) is 11.7 Å². The van der Waals surface area contributed by atoms with Crippen molar-refractivity contribution in [1.29, 1.82) is 0 Å². The van der Waals surface area contributed by atoms with Crippen LogP contribution in [0.15, 0.2) is 60.7 Å². The van der Waals surface area contributed by atoms with Crippen molar-refractivity contribution >= 4 is 16.9 Å². The van der Waals surface area contributed by atoms with Gasteiger partial charge in [0.05, 0.1) is 17.0 Å². The lowest BCUT2D eigenvalue weighted by atomic mass is 10.0. The van der Waals surface area contributed by atoms with E-state index >= 15 is 0 Å². The molecule has 9 heteroatoms. The summed E-state index contributed by atoms with van der Waals surface area (Å²) in [4.78, 5) is 16.6. The van der Waals surface area contributed by atoms with Gasteiger partial charge in [-0.1, -0.05) is 54.6 Å². The molecule has 0 saturated carbocycles. The van der Waals surface area contributed by atoms with E-state index in [-0.39, 0.29) is 28.6 Å². The molecule has 0 aliphatic heterocycles. The summed E-state index contributed by atoms with van der Waals surface area (Å²) in [6.07, 6.45) is -4.68. The minimum Gasteiger partial charge on any atom is -0.467 e. The molecule has 1 N–H and O–H groups in total. The molecule has 2 heterocycles. The van der Waals surface area contributed by atoms with Gasteiger partial charge in [0, 0.05) is 18.7 Å². The van der Waals surface area contributed by atoms with Crippen LogP contribution in [0.25, 0.3) is 22.3 Å². The first kappa shape index (κ1) is 23.3. The van der Waals surface area contributed by atoms with Crippen LogP contribution in [0, 0.1) is 6.92 Å². The Bertz CT molecular complexity index is 1330. The third-order valence-electron chi connectivity index (χ3n) is 5.50. The van der Waals surface area contributed by atoms with Gasteiger partial charge in [0.15, 0.2) is 12.3 Å². The molecule has 0 saturated heterocycles. The van der Waals surface area contributed by atoms with Gasteiger partial charge in [0.25, 0.3) is 5.91 Å². The molecular weight excluding hydrogens is 445 g/mol. The molecule has 176 valence electrons. The van der Waals surface area contributed by atoms with Gasteiger partial charge in [0.2, 0.25) is 5.88 Å². The number of aromatic nitrogens is 3. The highest BCUT2D eigenvalue weighted by molar-refractivity contribution is 5.95. The van der Waals surface area contributed by atoms with Crippen molar-refractivity contribution in [2.45, 2.75) is 26.1 Å². The Kier molecular flexibility index (Phi) is 6.28. The van der Waals surface area contributed by atoms with Gasteiger partial charge in [0.1, 0.15) is 5.69 Å². The first-order valence-corrected chi connectivity index (χ1v) is 10.6. The summed E-state index contributed by atoms with van der Waals surface area (Å²) in [6, 6.07) is 16.9. The monoisotopic (exact) mass is 468 g/mol. The van der Waals surface area contributed by atoms with Crippen molar-refractivity contribution in [3.63, 3.8) is 0 Å². The highest BCUT2D eigenvalue weighted by atomic mass is 19.4. The van der Waals surface area contributed by atoms with E-state index in [0.717, 1.165) is 17.2 Å². The number of halogens is 3. The van der Waals surface area contributed by atoms with Crippen molar-refractivity contribution in [3.8, 4) is 17.1 Å². The van der Waals surface area contributed by atoms with Crippen molar-refractivity contribution in [1.82, 2.24) is 20.1 Å². The Labute approximate surface area is 194 Å². The summed E-state index contributed by atoms with van der Waals surface area (Å²) in [7, 11) is 1.52. The number of pyridine rings is 1. The average Bonchev–Trinajstić information content (AvgIpc) is 3.13. The predicted octanol–water partition coefficient (Wildman–Crippen LogP) is 5.22. The van der Waals surface area contributed by atoms with Crippen molar-refractivity contribution < 1.29 is 22.7 Å². The van der Waals surface area contributed by atoms with Gasteiger partial charge in [-0.05, 0) is 25.0 Å². The molecule has 1 atom stereocenters. The first-order chi connectivity index (χ1) is 16.1. The van der Waals surface area contributed by atoms with Gasteiger partial charge >= 0.3 is 6.18 Å². The number of nitrogens with zero attached hydrogens (tertiary/aromatic N) is 3. The second-order valence-electron chi connectivity index (χ2n) is 7.98. The zero-order valence-corrected chi connectivity index (χ0v) is 18.8. The predicted molar refractivity (Wildman–Crippen MR) is 122 cm³/mol. The highest BCUT2D eigenvalue weighted by Gasteiger charge is 2.36. The Morgan fingerprint density at radius 1 is 1.12 bits per heavy atom. The fourth-order valence-electron chi connectivity index (χ4n) is 3.80. The van der Waals surface area contributed by atoms with Gasteiger partial charge in [-0.3, -0.25) is 4.79 Å². The molecule has 0 aliphatic carbocycles. The fourth-order valence-corrected chi connectivity index (χ4v) is 3.80. The lowest BCUT2D eigenvalue weighted by Crippen LogP contribution is -2.31. The van der Waals surface area contributed by atoms with Crippen LogP contribution >= 0.6 is 0 Å². The van der Waals surface area contributed by atoms with Crippen LogP contribution in [-0.2, 0) is 18.0 Å². The van der Waals surface area contributed by atoms with E-state index in [0.29, 0.717) is 5.56 Å². The number of fused-ring (bicyclic) bond motifs is 1. The zero-order valence-electron chi connectivity index (χ0n) is 18.8. The molecule has 0 bridgehead atoms. The summed E-state index contributed by atoms with van der Waals surface area (Å²) in [6.45, 7) is 3.14. The molecule has 34 heavy (non-hydrogen) atoms. The number of hydrogen-bond acceptors (Lipinski definition) is 4. The Hall–Kier alpha value is -3.88. The number of ether oxygens (including phenoxy) is 1. The number of hydrogen-bond donors (Lipinski definition) is 1. The van der Waals surface area contributed by atoms with Crippen LogP contribution in [0.4, 0.5) is 13.2 Å². The maximum atomic E-state index is 14.1. The lowest BCUT2D eigenvalue weighted by molar-refractivity contribution is -0.136. The van der Waals surface area contributed by atoms with Crippen LogP contribution in [0.3, 0.4) is 0 Å². The van der Waals surface area contributed by atoms with Crippen LogP contribution in [0.1, 0.15) is 29.7 Å². The molecule has 4 aromatic rings. The molecule has 4 rings (SSSR count). The topological polar surface area (TPSA) is 69.0 Å². The zero-order chi connectivity index (χ0) is 24.5. The van der Waals surface area contributed by atoms with E-state index in [1.807, 2.05) is 56.3 Å². The molecule has 1 amide bonds. The van der Waals surface area contributed by atoms with E-state index in [9.17, 15) is 18.0 Å². The van der Waals surface area contributed by atoms with Gasteiger partial charge in [-0.25, -0.2) is 4.68 Å². The Balaban J connectivity index is 1.64. The summed E-state index contributed by atoms with van der Waals surface area (Å²) < 4.78 is 48.9. The van der Waals surface area contributed by atoms with Crippen LogP contribution in [-0.4, -0.2) is 27.3 Å². The minimum absolute atomic E-state index is 0.0149. The number of alkyl halides is 3. The number of carbonyl (C=O) groups excluding carboxylic acids is 1. The number of carbonyl (C=O) groups is 1. The van der Waals surface area contributed by atoms with Gasteiger partial charge < -0.3 is 10.1 Å². The number of amides is 1. The molecule has 0 radical (unpaired) electrons. The maximum absolute atomic E-state index is 14.1. The number of rotatable bonds is 6. The standard InChI is InChI=1S/C25H23F3N4O2/c1-15-9-7-8-12-18(15)23-22-19(25(26,27)28)13-21(30-24(22)32(3)31-23)34-14-20(33)29-16(2)17-10-5-4-6-11-17/h4-13,16H,14H2,1-3H3,(H,29,33)/t16-/m0/s1. The largest absolute Gasteiger partial charge is 0.467 e. The quantitative estimate of drug-likeness (QED) is 0.421. The minimum atomic E-state index is -4.68. The second-order valence-corrected chi connectivity index (χ2v) is 7.98. The molecule has 2 aromatic carbocycles. The molecule has 2 aromatic heterocycles. The second kappa shape index (κ2) is 9.17.